The molecule has 0 unspecified atom stereocenters. The standard InChI is InChI=1S/C16H14ClN3O4S/c1-9-7-11(20(22)23)4-5-13(9)18-16(25)19-15(21)10-3-6-14(24-2)12(17)8-10/h3-8H,1-2H3,(H2,18,19,21,25). The van der Waals surface area contributed by atoms with E-state index in [1.54, 1.807) is 19.1 Å². The van der Waals surface area contributed by atoms with Gasteiger partial charge in [-0.25, -0.2) is 0 Å². The van der Waals surface area contributed by atoms with Crippen molar-refractivity contribution >= 4 is 46.2 Å². The molecule has 2 rings (SSSR count). The number of thiocarbonyl (C=S) groups is 1. The predicted octanol–water partition coefficient (Wildman–Crippen LogP) is 3.69. The zero-order valence-electron chi connectivity index (χ0n) is 13.3. The summed E-state index contributed by atoms with van der Waals surface area (Å²) in [4.78, 5) is 22.5. The summed E-state index contributed by atoms with van der Waals surface area (Å²) in [5.74, 6) is 0.0158. The van der Waals surface area contributed by atoms with E-state index < -0.39 is 10.8 Å². The number of nitro benzene ring substituents is 1. The largest absolute Gasteiger partial charge is 0.495 e. The zero-order valence-corrected chi connectivity index (χ0v) is 14.9. The third-order valence-corrected chi connectivity index (χ3v) is 3.81. The number of anilines is 1. The van der Waals surface area contributed by atoms with Crippen LogP contribution in [0.25, 0.3) is 0 Å². The average molecular weight is 380 g/mol. The summed E-state index contributed by atoms with van der Waals surface area (Å²) in [5.41, 5.74) is 1.48. The molecule has 0 saturated heterocycles. The number of non-ortho nitro benzene ring substituents is 1. The number of aryl methyl sites for hydroxylation is 1. The molecular formula is C16H14ClN3O4S. The molecule has 2 N–H and O–H groups in total. The molecule has 0 aromatic heterocycles. The van der Waals surface area contributed by atoms with Gasteiger partial charge < -0.3 is 10.1 Å². The van der Waals surface area contributed by atoms with E-state index in [1.807, 2.05) is 0 Å². The summed E-state index contributed by atoms with van der Waals surface area (Å²) < 4.78 is 5.03. The van der Waals surface area contributed by atoms with E-state index >= 15 is 0 Å². The summed E-state index contributed by atoms with van der Waals surface area (Å²) in [6.07, 6.45) is 0. The minimum Gasteiger partial charge on any atom is -0.495 e. The SMILES string of the molecule is COc1ccc(C(=O)NC(=S)Nc2ccc([N+](=O)[O-])cc2C)cc1Cl. The highest BCUT2D eigenvalue weighted by Crippen LogP contribution is 2.25. The number of amides is 1. The Morgan fingerprint density at radius 2 is 2.00 bits per heavy atom. The third-order valence-electron chi connectivity index (χ3n) is 3.31. The first-order valence-corrected chi connectivity index (χ1v) is 7.81. The number of hydrogen-bond acceptors (Lipinski definition) is 5. The number of halogens is 1. The number of nitrogens with one attached hydrogen (secondary N) is 2. The van der Waals surface area contributed by atoms with Crippen LogP contribution in [0.5, 0.6) is 5.75 Å². The molecule has 0 aliphatic rings. The summed E-state index contributed by atoms with van der Waals surface area (Å²) in [7, 11) is 1.48. The van der Waals surface area contributed by atoms with Gasteiger partial charge in [-0.05, 0) is 49.0 Å². The first-order valence-electron chi connectivity index (χ1n) is 7.02. The van der Waals surface area contributed by atoms with Crippen LogP contribution in [0.3, 0.4) is 0 Å². The van der Waals surface area contributed by atoms with Gasteiger partial charge in [-0.1, -0.05) is 11.6 Å². The molecular weight excluding hydrogens is 366 g/mol. The van der Waals surface area contributed by atoms with Gasteiger partial charge in [0.25, 0.3) is 11.6 Å². The highest BCUT2D eigenvalue weighted by Gasteiger charge is 2.13. The third kappa shape index (κ3) is 4.65. The highest BCUT2D eigenvalue weighted by atomic mass is 35.5. The number of hydrogen-bond donors (Lipinski definition) is 2. The molecule has 0 fully saturated rings. The number of ether oxygens (including phenoxy) is 1. The van der Waals surface area contributed by atoms with E-state index in [0.717, 1.165) is 0 Å². The second kappa shape index (κ2) is 7.91. The smallest absolute Gasteiger partial charge is 0.269 e. The molecule has 0 aliphatic carbocycles. The Balaban J connectivity index is 2.06. The molecule has 130 valence electrons. The predicted molar refractivity (Wildman–Crippen MR) is 99.5 cm³/mol. The minimum absolute atomic E-state index is 0.0223. The molecule has 2 aromatic rings. The van der Waals surface area contributed by atoms with Crippen molar-refractivity contribution in [3.8, 4) is 5.75 Å². The Hall–Kier alpha value is -2.71. The number of rotatable bonds is 4. The van der Waals surface area contributed by atoms with Gasteiger partial charge in [0.15, 0.2) is 5.11 Å². The van der Waals surface area contributed by atoms with Gasteiger partial charge in [0.05, 0.1) is 17.1 Å². The number of carbonyl (C=O) groups is 1. The number of nitrogens with zero attached hydrogens (tertiary/aromatic N) is 1. The second-order valence-corrected chi connectivity index (χ2v) is 5.83. The molecule has 9 heteroatoms. The van der Waals surface area contributed by atoms with E-state index in [4.69, 9.17) is 28.6 Å². The Morgan fingerprint density at radius 3 is 2.56 bits per heavy atom. The molecule has 0 aliphatic heterocycles. The fourth-order valence-electron chi connectivity index (χ4n) is 2.04. The van der Waals surface area contributed by atoms with Crippen LogP contribution in [0.15, 0.2) is 36.4 Å². The number of benzene rings is 2. The van der Waals surface area contributed by atoms with E-state index in [1.165, 1.54) is 31.4 Å². The molecule has 0 atom stereocenters. The fourth-order valence-corrected chi connectivity index (χ4v) is 2.50. The van der Waals surface area contributed by atoms with Gasteiger partial charge in [0.2, 0.25) is 0 Å². The summed E-state index contributed by atoms with van der Waals surface area (Å²) in [5, 5.41) is 16.5. The molecule has 25 heavy (non-hydrogen) atoms. The van der Waals surface area contributed by atoms with Crippen LogP contribution in [-0.4, -0.2) is 23.1 Å². The van der Waals surface area contributed by atoms with Crippen LogP contribution in [0.2, 0.25) is 5.02 Å². The molecule has 0 heterocycles. The summed E-state index contributed by atoms with van der Waals surface area (Å²) in [6.45, 7) is 1.70. The van der Waals surface area contributed by atoms with Crippen LogP contribution in [-0.2, 0) is 0 Å². The highest BCUT2D eigenvalue weighted by molar-refractivity contribution is 7.80. The second-order valence-electron chi connectivity index (χ2n) is 5.01. The van der Waals surface area contributed by atoms with Gasteiger partial charge >= 0.3 is 0 Å². The topological polar surface area (TPSA) is 93.5 Å². The van der Waals surface area contributed by atoms with Crippen molar-refractivity contribution in [1.82, 2.24) is 5.32 Å². The van der Waals surface area contributed by atoms with Crippen LogP contribution in [0.1, 0.15) is 15.9 Å². The quantitative estimate of drug-likeness (QED) is 0.478. The van der Waals surface area contributed by atoms with Crippen molar-refractivity contribution in [3.05, 3.63) is 62.7 Å². The van der Waals surface area contributed by atoms with Crippen LogP contribution in [0.4, 0.5) is 11.4 Å². The Kier molecular flexibility index (Phi) is 5.89. The first kappa shape index (κ1) is 18.6. The molecule has 1 amide bonds. The van der Waals surface area contributed by atoms with Crippen molar-refractivity contribution in [2.24, 2.45) is 0 Å². The van der Waals surface area contributed by atoms with Gasteiger partial charge in [-0.2, -0.15) is 0 Å². The summed E-state index contributed by atoms with van der Waals surface area (Å²) >= 11 is 11.1. The van der Waals surface area contributed by atoms with E-state index in [-0.39, 0.29) is 10.8 Å². The number of nitro groups is 1. The molecule has 0 bridgehead atoms. The van der Waals surface area contributed by atoms with Crippen LogP contribution in [0, 0.1) is 17.0 Å². The normalized spacial score (nSPS) is 10.0. The van der Waals surface area contributed by atoms with Crippen LogP contribution < -0.4 is 15.4 Å². The first-order chi connectivity index (χ1) is 11.8. The zero-order chi connectivity index (χ0) is 18.6. The number of methoxy groups -OCH3 is 1. The maximum absolute atomic E-state index is 12.2. The van der Waals surface area contributed by atoms with Gasteiger partial charge in [-0.15, -0.1) is 0 Å². The van der Waals surface area contributed by atoms with Crippen LogP contribution >= 0.6 is 23.8 Å². The summed E-state index contributed by atoms with van der Waals surface area (Å²) in [6, 6.07) is 8.89. The van der Waals surface area contributed by atoms with Crippen molar-refractivity contribution in [1.29, 1.82) is 0 Å². The molecule has 0 spiro atoms. The Labute approximate surface area is 154 Å². The van der Waals surface area contributed by atoms with Gasteiger partial charge in [0, 0.05) is 23.4 Å². The van der Waals surface area contributed by atoms with E-state index in [9.17, 15) is 14.9 Å². The monoisotopic (exact) mass is 379 g/mol. The Bertz CT molecular complexity index is 857. The lowest BCUT2D eigenvalue weighted by Crippen LogP contribution is -2.34. The van der Waals surface area contributed by atoms with Gasteiger partial charge in [0.1, 0.15) is 5.75 Å². The minimum atomic E-state index is -0.482. The maximum Gasteiger partial charge on any atom is 0.269 e. The molecule has 7 nitrogen and oxygen atoms in total. The lowest BCUT2D eigenvalue weighted by molar-refractivity contribution is -0.384. The average Bonchev–Trinajstić information content (AvgIpc) is 2.56. The van der Waals surface area contributed by atoms with Crippen molar-refractivity contribution in [3.63, 3.8) is 0 Å². The Morgan fingerprint density at radius 1 is 1.28 bits per heavy atom. The van der Waals surface area contributed by atoms with E-state index in [0.29, 0.717) is 27.6 Å². The fraction of sp³-hybridized carbons (Fsp3) is 0.125. The lowest BCUT2D eigenvalue weighted by Gasteiger charge is -2.12. The van der Waals surface area contributed by atoms with Crippen molar-refractivity contribution < 1.29 is 14.5 Å². The molecule has 2 aromatic carbocycles. The lowest BCUT2D eigenvalue weighted by atomic mass is 10.2. The van der Waals surface area contributed by atoms with Gasteiger partial charge in [-0.3, -0.25) is 20.2 Å². The van der Waals surface area contributed by atoms with Crippen molar-refractivity contribution in [2.45, 2.75) is 6.92 Å². The molecule has 0 saturated carbocycles. The number of carbonyl (C=O) groups excluding carboxylic acids is 1. The van der Waals surface area contributed by atoms with Crippen molar-refractivity contribution in [2.75, 3.05) is 12.4 Å². The van der Waals surface area contributed by atoms with E-state index in [2.05, 4.69) is 10.6 Å². The maximum atomic E-state index is 12.2. The molecule has 0 radical (unpaired) electrons.